The number of benzene rings is 2. The number of carbonyl (C=O) groups excluding carboxylic acids is 2. The third kappa shape index (κ3) is 3.48. The summed E-state index contributed by atoms with van der Waals surface area (Å²) in [5.74, 6) is -0.709. The number of carbonyl (C=O) groups is 2. The number of imide groups is 1. The van der Waals surface area contributed by atoms with Crippen LogP contribution in [0.1, 0.15) is 6.42 Å². The Bertz CT molecular complexity index is 931. The highest BCUT2D eigenvalue weighted by Crippen LogP contribution is 2.30. The van der Waals surface area contributed by atoms with Crippen molar-refractivity contribution in [1.82, 2.24) is 0 Å². The lowest BCUT2D eigenvalue weighted by Gasteiger charge is -2.35. The van der Waals surface area contributed by atoms with E-state index in [1.54, 1.807) is 24.3 Å². The van der Waals surface area contributed by atoms with Gasteiger partial charge in [-0.25, -0.2) is 9.29 Å². The fourth-order valence-corrected chi connectivity index (χ4v) is 4.23. The second-order valence-corrected chi connectivity index (χ2v) is 7.83. The molecule has 146 valence electrons. The van der Waals surface area contributed by atoms with E-state index >= 15 is 0 Å². The summed E-state index contributed by atoms with van der Waals surface area (Å²) < 4.78 is 14.0. The van der Waals surface area contributed by atoms with E-state index in [0.717, 1.165) is 4.90 Å². The van der Waals surface area contributed by atoms with Gasteiger partial charge in [0.15, 0.2) is 6.04 Å². The molecule has 0 aromatic heterocycles. The summed E-state index contributed by atoms with van der Waals surface area (Å²) >= 11 is 12.0. The Balaban J connectivity index is 1.46. The van der Waals surface area contributed by atoms with Crippen LogP contribution in [0, 0.1) is 5.82 Å². The number of piperazine rings is 1. The Labute approximate surface area is 172 Å². The zero-order valence-electron chi connectivity index (χ0n) is 15.0. The zero-order chi connectivity index (χ0) is 19.8. The number of anilines is 2. The smallest absolute Gasteiger partial charge is 0.292 e. The molecule has 2 heterocycles. The Morgan fingerprint density at radius 1 is 1.00 bits per heavy atom. The molecule has 0 bridgehead atoms. The summed E-state index contributed by atoms with van der Waals surface area (Å²) in [7, 11) is 0. The fraction of sp³-hybridized carbons (Fsp3) is 0.300. The average Bonchev–Trinajstić information content (AvgIpc) is 2.99. The van der Waals surface area contributed by atoms with Crippen molar-refractivity contribution in [3.05, 3.63) is 58.3 Å². The minimum atomic E-state index is -0.426. The Morgan fingerprint density at radius 3 is 2.39 bits per heavy atom. The van der Waals surface area contributed by atoms with Gasteiger partial charge in [-0.1, -0.05) is 35.3 Å². The normalized spacial score (nSPS) is 20.9. The quantitative estimate of drug-likeness (QED) is 0.770. The standard InChI is InChI=1S/C20H18Cl2FN3O2/c21-14-6-5-13(11-15(14)22)26-19(27)12-18(20(26)28)25-9-7-24(8-10-25)17-4-2-1-3-16(17)23/h1-6,11,18H,7-10,12H2/p+1/t18-/m0/s1. The zero-order valence-corrected chi connectivity index (χ0v) is 16.5. The number of hydrogen-bond acceptors (Lipinski definition) is 3. The van der Waals surface area contributed by atoms with Crippen LogP contribution in [0.3, 0.4) is 0 Å². The Kier molecular flexibility index (Phi) is 5.27. The van der Waals surface area contributed by atoms with Crippen LogP contribution >= 0.6 is 23.2 Å². The van der Waals surface area contributed by atoms with Gasteiger partial charge in [-0.2, -0.15) is 0 Å². The predicted octanol–water partition coefficient (Wildman–Crippen LogP) is 2.17. The number of quaternary nitrogens is 1. The first-order valence-electron chi connectivity index (χ1n) is 9.11. The maximum atomic E-state index is 14.0. The van der Waals surface area contributed by atoms with E-state index < -0.39 is 6.04 Å². The summed E-state index contributed by atoms with van der Waals surface area (Å²) in [5, 5.41) is 0.671. The molecule has 5 nitrogen and oxygen atoms in total. The van der Waals surface area contributed by atoms with E-state index in [9.17, 15) is 14.0 Å². The maximum absolute atomic E-state index is 14.0. The van der Waals surface area contributed by atoms with Crippen LogP contribution in [0.25, 0.3) is 0 Å². The fourth-order valence-electron chi connectivity index (χ4n) is 3.94. The van der Waals surface area contributed by atoms with E-state index in [1.807, 2.05) is 11.0 Å². The lowest BCUT2D eigenvalue weighted by atomic mass is 10.1. The third-order valence-corrected chi connectivity index (χ3v) is 6.14. The van der Waals surface area contributed by atoms with Gasteiger partial charge in [0.2, 0.25) is 5.91 Å². The van der Waals surface area contributed by atoms with Gasteiger partial charge < -0.3 is 9.80 Å². The number of nitrogens with zero attached hydrogens (tertiary/aromatic N) is 2. The molecule has 2 saturated heterocycles. The van der Waals surface area contributed by atoms with Crippen LogP contribution < -0.4 is 14.7 Å². The highest BCUT2D eigenvalue weighted by molar-refractivity contribution is 6.42. The van der Waals surface area contributed by atoms with E-state index in [4.69, 9.17) is 23.2 Å². The van der Waals surface area contributed by atoms with Crippen molar-refractivity contribution in [1.29, 1.82) is 0 Å². The van der Waals surface area contributed by atoms with Crippen molar-refractivity contribution < 1.29 is 18.9 Å². The molecule has 1 N–H and O–H groups in total. The summed E-state index contributed by atoms with van der Waals surface area (Å²) in [5.41, 5.74) is 1.02. The van der Waals surface area contributed by atoms with Gasteiger partial charge in [0, 0.05) is 0 Å². The van der Waals surface area contributed by atoms with Crippen LogP contribution in [0.15, 0.2) is 42.5 Å². The molecule has 28 heavy (non-hydrogen) atoms. The molecule has 2 aliphatic heterocycles. The van der Waals surface area contributed by atoms with Crippen LogP contribution in [0.4, 0.5) is 15.8 Å². The molecule has 8 heteroatoms. The number of para-hydroxylation sites is 1. The van der Waals surface area contributed by atoms with Gasteiger partial charge >= 0.3 is 0 Å². The van der Waals surface area contributed by atoms with Crippen molar-refractivity contribution in [3.8, 4) is 0 Å². The average molecular weight is 423 g/mol. The topological polar surface area (TPSA) is 45.1 Å². The van der Waals surface area contributed by atoms with E-state index in [1.165, 1.54) is 17.0 Å². The SMILES string of the molecule is O=C1C[C@H]([NH+]2CCN(c3ccccc3F)CC2)C(=O)N1c1ccc(Cl)c(Cl)c1. The van der Waals surface area contributed by atoms with Gasteiger partial charge in [0.1, 0.15) is 5.82 Å². The molecule has 0 spiro atoms. The van der Waals surface area contributed by atoms with Crippen LogP contribution in [-0.4, -0.2) is 44.0 Å². The van der Waals surface area contributed by atoms with Gasteiger partial charge in [0.05, 0.1) is 54.0 Å². The van der Waals surface area contributed by atoms with Crippen molar-refractivity contribution in [2.24, 2.45) is 0 Å². The number of halogens is 3. The second kappa shape index (κ2) is 7.70. The number of amides is 2. The third-order valence-electron chi connectivity index (χ3n) is 5.40. The largest absolute Gasteiger partial charge is 0.358 e. The summed E-state index contributed by atoms with van der Waals surface area (Å²) in [4.78, 5) is 29.7. The molecule has 2 aromatic carbocycles. The first kappa shape index (κ1) is 19.2. The van der Waals surface area contributed by atoms with Gasteiger partial charge in [-0.3, -0.25) is 9.59 Å². The number of hydrogen-bond donors (Lipinski definition) is 1. The molecule has 2 aliphatic rings. The first-order valence-corrected chi connectivity index (χ1v) is 9.87. The van der Waals surface area contributed by atoms with Crippen molar-refractivity contribution in [2.45, 2.75) is 12.5 Å². The molecule has 0 unspecified atom stereocenters. The molecule has 1 atom stereocenters. The summed E-state index contributed by atoms with van der Waals surface area (Å²) in [6.45, 7) is 2.57. The molecular formula is C20H19Cl2FN3O2+. The van der Waals surface area contributed by atoms with Crippen LogP contribution in [-0.2, 0) is 9.59 Å². The van der Waals surface area contributed by atoms with Gasteiger partial charge in [-0.05, 0) is 30.3 Å². The summed E-state index contributed by atoms with van der Waals surface area (Å²) in [6.07, 6.45) is 0.161. The molecular weight excluding hydrogens is 404 g/mol. The molecule has 2 aromatic rings. The molecule has 2 fully saturated rings. The van der Waals surface area contributed by atoms with Gasteiger partial charge in [-0.15, -0.1) is 0 Å². The van der Waals surface area contributed by atoms with E-state index in [0.29, 0.717) is 47.6 Å². The highest BCUT2D eigenvalue weighted by Gasteiger charge is 2.46. The molecule has 0 saturated carbocycles. The molecule has 4 rings (SSSR count). The second-order valence-electron chi connectivity index (χ2n) is 7.02. The van der Waals surface area contributed by atoms with Crippen LogP contribution in [0.2, 0.25) is 10.0 Å². The number of rotatable bonds is 3. The van der Waals surface area contributed by atoms with Crippen molar-refractivity contribution in [3.63, 3.8) is 0 Å². The Morgan fingerprint density at radius 2 is 1.71 bits per heavy atom. The molecule has 0 radical (unpaired) electrons. The minimum Gasteiger partial charge on any atom is -0.358 e. The van der Waals surface area contributed by atoms with E-state index in [-0.39, 0.29) is 24.1 Å². The van der Waals surface area contributed by atoms with Crippen molar-refractivity contribution in [2.75, 3.05) is 36.0 Å². The number of nitrogens with one attached hydrogen (secondary N) is 1. The van der Waals surface area contributed by atoms with Gasteiger partial charge in [0.25, 0.3) is 5.91 Å². The Hall–Kier alpha value is -2.15. The predicted molar refractivity (Wildman–Crippen MR) is 107 cm³/mol. The van der Waals surface area contributed by atoms with Crippen molar-refractivity contribution >= 4 is 46.4 Å². The lowest BCUT2D eigenvalue weighted by molar-refractivity contribution is -0.915. The lowest BCUT2D eigenvalue weighted by Crippen LogP contribution is -3.19. The summed E-state index contributed by atoms with van der Waals surface area (Å²) in [6, 6.07) is 11.0. The minimum absolute atomic E-state index is 0.161. The maximum Gasteiger partial charge on any atom is 0.292 e. The molecule has 2 amide bonds. The highest BCUT2D eigenvalue weighted by atomic mass is 35.5. The van der Waals surface area contributed by atoms with E-state index in [2.05, 4.69) is 0 Å². The molecule has 0 aliphatic carbocycles. The van der Waals surface area contributed by atoms with Crippen LogP contribution in [0.5, 0.6) is 0 Å². The monoisotopic (exact) mass is 422 g/mol. The first-order chi connectivity index (χ1) is 13.5.